The van der Waals surface area contributed by atoms with E-state index >= 15 is 0 Å². The quantitative estimate of drug-likeness (QED) is 0.780. The standard InChI is InChI=1S/C12H22N2O/c1-5-10(2)13-9-11(14(3)4)12-7-6-8-15-12/h6-8,10-11,13H,5,9H2,1-4H3/t10-,11+/m1/s1. The van der Waals surface area contributed by atoms with Crippen LogP contribution >= 0.6 is 0 Å². The molecule has 1 N–H and O–H groups in total. The van der Waals surface area contributed by atoms with Crippen LogP contribution in [0, 0.1) is 0 Å². The van der Waals surface area contributed by atoms with Gasteiger partial charge >= 0.3 is 0 Å². The molecule has 0 saturated carbocycles. The predicted molar refractivity (Wildman–Crippen MR) is 62.9 cm³/mol. The molecule has 0 aliphatic rings. The number of furan rings is 1. The summed E-state index contributed by atoms with van der Waals surface area (Å²) in [6.07, 6.45) is 2.88. The monoisotopic (exact) mass is 210 g/mol. The predicted octanol–water partition coefficient (Wildman–Crippen LogP) is 2.27. The molecule has 2 atom stereocenters. The van der Waals surface area contributed by atoms with Gasteiger partial charge in [0, 0.05) is 12.6 Å². The Kier molecular flexibility index (Phi) is 4.85. The van der Waals surface area contributed by atoms with E-state index in [1.807, 2.05) is 12.1 Å². The van der Waals surface area contributed by atoms with E-state index in [0.717, 1.165) is 18.7 Å². The highest BCUT2D eigenvalue weighted by Crippen LogP contribution is 2.17. The van der Waals surface area contributed by atoms with Crippen molar-refractivity contribution in [3.63, 3.8) is 0 Å². The lowest BCUT2D eigenvalue weighted by atomic mass is 10.2. The van der Waals surface area contributed by atoms with Crippen molar-refractivity contribution in [2.24, 2.45) is 0 Å². The van der Waals surface area contributed by atoms with Crippen molar-refractivity contribution in [2.45, 2.75) is 32.4 Å². The lowest BCUT2D eigenvalue weighted by Gasteiger charge is -2.24. The number of hydrogen-bond acceptors (Lipinski definition) is 3. The summed E-state index contributed by atoms with van der Waals surface area (Å²) in [5.41, 5.74) is 0. The highest BCUT2D eigenvalue weighted by atomic mass is 16.3. The first-order valence-corrected chi connectivity index (χ1v) is 5.58. The molecule has 0 unspecified atom stereocenters. The number of hydrogen-bond donors (Lipinski definition) is 1. The van der Waals surface area contributed by atoms with Gasteiger partial charge in [0.25, 0.3) is 0 Å². The highest BCUT2D eigenvalue weighted by molar-refractivity contribution is 5.05. The molecule has 1 aromatic heterocycles. The summed E-state index contributed by atoms with van der Waals surface area (Å²) in [6, 6.07) is 4.84. The van der Waals surface area contributed by atoms with Gasteiger partial charge in [-0.1, -0.05) is 6.92 Å². The molecule has 0 fully saturated rings. The highest BCUT2D eigenvalue weighted by Gasteiger charge is 2.16. The van der Waals surface area contributed by atoms with E-state index in [1.165, 1.54) is 0 Å². The van der Waals surface area contributed by atoms with Gasteiger partial charge in [0.05, 0.1) is 12.3 Å². The zero-order valence-electron chi connectivity index (χ0n) is 10.2. The van der Waals surface area contributed by atoms with E-state index in [0.29, 0.717) is 12.1 Å². The van der Waals surface area contributed by atoms with Crippen LogP contribution < -0.4 is 5.32 Å². The second-order valence-corrected chi connectivity index (χ2v) is 4.21. The van der Waals surface area contributed by atoms with Crippen LogP contribution in [0.4, 0.5) is 0 Å². The molecule has 0 aliphatic carbocycles. The van der Waals surface area contributed by atoms with Gasteiger partial charge in [-0.3, -0.25) is 4.90 Å². The summed E-state index contributed by atoms with van der Waals surface area (Å²) in [5.74, 6) is 1.02. The molecular formula is C12H22N2O. The average molecular weight is 210 g/mol. The number of nitrogens with one attached hydrogen (secondary N) is 1. The fourth-order valence-electron chi connectivity index (χ4n) is 1.48. The molecule has 0 aliphatic heterocycles. The Morgan fingerprint density at radius 3 is 2.67 bits per heavy atom. The molecule has 1 heterocycles. The third-order valence-electron chi connectivity index (χ3n) is 2.77. The number of likely N-dealkylation sites (N-methyl/N-ethyl adjacent to an activating group) is 1. The minimum atomic E-state index is 0.314. The van der Waals surface area contributed by atoms with Gasteiger partial charge in [0.2, 0.25) is 0 Å². The molecule has 15 heavy (non-hydrogen) atoms. The largest absolute Gasteiger partial charge is 0.468 e. The molecule has 3 nitrogen and oxygen atoms in total. The Morgan fingerprint density at radius 2 is 2.20 bits per heavy atom. The van der Waals surface area contributed by atoms with Crippen LogP contribution in [-0.2, 0) is 0 Å². The van der Waals surface area contributed by atoms with Gasteiger partial charge in [-0.15, -0.1) is 0 Å². The number of nitrogens with zero attached hydrogens (tertiary/aromatic N) is 1. The lowest BCUT2D eigenvalue weighted by molar-refractivity contribution is 0.244. The molecule has 1 rings (SSSR count). The van der Waals surface area contributed by atoms with Crippen molar-refractivity contribution in [1.29, 1.82) is 0 Å². The smallest absolute Gasteiger partial charge is 0.122 e. The van der Waals surface area contributed by atoms with Gasteiger partial charge < -0.3 is 9.73 Å². The molecule has 3 heteroatoms. The first-order chi connectivity index (χ1) is 7.15. The first kappa shape index (κ1) is 12.3. The van der Waals surface area contributed by atoms with Crippen LogP contribution in [0.1, 0.15) is 32.1 Å². The summed E-state index contributed by atoms with van der Waals surface area (Å²) in [7, 11) is 4.15. The Hall–Kier alpha value is -0.800. The van der Waals surface area contributed by atoms with E-state index in [-0.39, 0.29) is 0 Å². The van der Waals surface area contributed by atoms with Crippen LogP contribution in [0.15, 0.2) is 22.8 Å². The molecular weight excluding hydrogens is 188 g/mol. The van der Waals surface area contributed by atoms with Crippen molar-refractivity contribution in [1.82, 2.24) is 10.2 Å². The summed E-state index contributed by atoms with van der Waals surface area (Å²) < 4.78 is 5.44. The third-order valence-corrected chi connectivity index (χ3v) is 2.77. The van der Waals surface area contributed by atoms with Crippen molar-refractivity contribution in [3.05, 3.63) is 24.2 Å². The second kappa shape index (κ2) is 5.93. The van der Waals surface area contributed by atoms with Gasteiger partial charge in [-0.05, 0) is 39.6 Å². The van der Waals surface area contributed by atoms with E-state index in [1.54, 1.807) is 6.26 Å². The fourth-order valence-corrected chi connectivity index (χ4v) is 1.48. The molecule has 0 bridgehead atoms. The minimum absolute atomic E-state index is 0.314. The van der Waals surface area contributed by atoms with Crippen LogP contribution in [-0.4, -0.2) is 31.6 Å². The van der Waals surface area contributed by atoms with E-state index in [9.17, 15) is 0 Å². The van der Waals surface area contributed by atoms with Crippen LogP contribution in [0.25, 0.3) is 0 Å². The Morgan fingerprint density at radius 1 is 1.47 bits per heavy atom. The zero-order valence-corrected chi connectivity index (χ0v) is 10.2. The Balaban J connectivity index is 2.53. The molecule has 0 amide bonds. The van der Waals surface area contributed by atoms with Crippen molar-refractivity contribution in [3.8, 4) is 0 Å². The van der Waals surface area contributed by atoms with Crippen molar-refractivity contribution >= 4 is 0 Å². The molecule has 0 spiro atoms. The molecule has 0 saturated heterocycles. The van der Waals surface area contributed by atoms with Crippen LogP contribution in [0.2, 0.25) is 0 Å². The fraction of sp³-hybridized carbons (Fsp3) is 0.667. The minimum Gasteiger partial charge on any atom is -0.468 e. The van der Waals surface area contributed by atoms with E-state index in [4.69, 9.17) is 4.42 Å². The Labute approximate surface area is 92.5 Å². The molecule has 0 radical (unpaired) electrons. The molecule has 86 valence electrons. The third kappa shape index (κ3) is 3.68. The maximum Gasteiger partial charge on any atom is 0.122 e. The Bertz CT molecular complexity index is 257. The van der Waals surface area contributed by atoms with Crippen LogP contribution in [0.3, 0.4) is 0 Å². The van der Waals surface area contributed by atoms with Gasteiger partial charge in [-0.25, -0.2) is 0 Å². The number of rotatable bonds is 6. The SMILES string of the molecule is CC[C@@H](C)NC[C@@H](c1ccco1)N(C)C. The van der Waals surface area contributed by atoms with Gasteiger partial charge in [-0.2, -0.15) is 0 Å². The molecule has 0 aromatic carbocycles. The topological polar surface area (TPSA) is 28.4 Å². The normalized spacial score (nSPS) is 15.5. The summed E-state index contributed by atoms with van der Waals surface area (Å²) in [5, 5.41) is 3.50. The summed E-state index contributed by atoms with van der Waals surface area (Å²) >= 11 is 0. The average Bonchev–Trinajstić information content (AvgIpc) is 2.70. The van der Waals surface area contributed by atoms with Crippen molar-refractivity contribution in [2.75, 3.05) is 20.6 Å². The van der Waals surface area contributed by atoms with Crippen LogP contribution in [0.5, 0.6) is 0 Å². The zero-order chi connectivity index (χ0) is 11.3. The second-order valence-electron chi connectivity index (χ2n) is 4.21. The summed E-state index contributed by atoms with van der Waals surface area (Å²) in [4.78, 5) is 2.17. The van der Waals surface area contributed by atoms with Crippen molar-refractivity contribution < 1.29 is 4.42 Å². The van der Waals surface area contributed by atoms with Gasteiger partial charge in [0.15, 0.2) is 0 Å². The molecule has 1 aromatic rings. The maximum atomic E-state index is 5.44. The summed E-state index contributed by atoms with van der Waals surface area (Å²) in [6.45, 7) is 5.32. The lowest BCUT2D eigenvalue weighted by Crippen LogP contribution is -2.35. The van der Waals surface area contributed by atoms with E-state index in [2.05, 4.69) is 38.2 Å². The first-order valence-electron chi connectivity index (χ1n) is 5.58. The van der Waals surface area contributed by atoms with E-state index < -0.39 is 0 Å². The van der Waals surface area contributed by atoms with Gasteiger partial charge in [0.1, 0.15) is 5.76 Å². The maximum absolute atomic E-state index is 5.44.